The average molecular weight is 400 g/mol. The zero-order chi connectivity index (χ0) is 21.1. The number of nitrogens with one attached hydrogen (secondary N) is 3. The van der Waals surface area contributed by atoms with Crippen LogP contribution in [-0.2, 0) is 6.54 Å². The summed E-state index contributed by atoms with van der Waals surface area (Å²) in [6.45, 7) is 13.5. The molecule has 0 aromatic carbocycles. The normalized spacial score (nSPS) is 15.1. The summed E-state index contributed by atoms with van der Waals surface area (Å²) in [6, 6.07) is 2.29. The number of aromatic nitrogens is 3. The van der Waals surface area contributed by atoms with Crippen molar-refractivity contribution in [3.8, 4) is 0 Å². The second kappa shape index (κ2) is 8.82. The van der Waals surface area contributed by atoms with Crippen molar-refractivity contribution in [2.24, 2.45) is 0 Å². The minimum Gasteiger partial charge on any atom is -0.391 e. The standard InChI is InChI=1S/C21H33N7O/c1-7-17(15(6)29)25-21-26-19(18-20(27-21)28(11-24-18)12(2)3)23-10-16-9-22-14(5)8-13(16)4/h8-9,12,15,17,24,29H,7,10-11H2,1-6H3,(H2,23,25,26,27)/t15-,17?/m1/s1. The number of aliphatic hydroxyl groups excluding tert-OH is 1. The van der Waals surface area contributed by atoms with E-state index in [0.717, 1.165) is 35.0 Å². The first kappa shape index (κ1) is 21.1. The molecule has 2 aromatic rings. The number of nitrogens with zero attached hydrogens (tertiary/aromatic N) is 4. The van der Waals surface area contributed by atoms with Crippen LogP contribution in [0.15, 0.2) is 12.3 Å². The van der Waals surface area contributed by atoms with Gasteiger partial charge in [0.2, 0.25) is 5.95 Å². The second-order valence-electron chi connectivity index (χ2n) is 8.00. The quantitative estimate of drug-likeness (QED) is 0.537. The summed E-state index contributed by atoms with van der Waals surface area (Å²) >= 11 is 0. The zero-order valence-electron chi connectivity index (χ0n) is 18.2. The van der Waals surface area contributed by atoms with E-state index in [-0.39, 0.29) is 6.04 Å². The van der Waals surface area contributed by atoms with E-state index >= 15 is 0 Å². The molecule has 0 radical (unpaired) electrons. The largest absolute Gasteiger partial charge is 0.391 e. The van der Waals surface area contributed by atoms with Crippen molar-refractivity contribution < 1.29 is 5.11 Å². The van der Waals surface area contributed by atoms with Gasteiger partial charge in [-0.25, -0.2) is 0 Å². The molecular formula is C21H33N7O. The highest BCUT2D eigenvalue weighted by molar-refractivity contribution is 5.83. The van der Waals surface area contributed by atoms with Crippen molar-refractivity contribution in [1.82, 2.24) is 15.0 Å². The van der Waals surface area contributed by atoms with Gasteiger partial charge in [0.1, 0.15) is 5.69 Å². The third kappa shape index (κ3) is 4.70. The summed E-state index contributed by atoms with van der Waals surface area (Å²) < 4.78 is 0. The van der Waals surface area contributed by atoms with Gasteiger partial charge in [-0.15, -0.1) is 0 Å². The molecule has 158 valence electrons. The van der Waals surface area contributed by atoms with Crippen molar-refractivity contribution in [3.63, 3.8) is 0 Å². The van der Waals surface area contributed by atoms with Crippen molar-refractivity contribution >= 4 is 23.3 Å². The van der Waals surface area contributed by atoms with Crippen LogP contribution >= 0.6 is 0 Å². The maximum Gasteiger partial charge on any atom is 0.227 e. The van der Waals surface area contributed by atoms with Crippen molar-refractivity contribution in [3.05, 3.63) is 29.1 Å². The lowest BCUT2D eigenvalue weighted by Crippen LogP contribution is -2.32. The van der Waals surface area contributed by atoms with Gasteiger partial charge in [0.15, 0.2) is 11.6 Å². The Hall–Kier alpha value is -2.61. The monoisotopic (exact) mass is 399 g/mol. The Labute approximate surface area is 173 Å². The van der Waals surface area contributed by atoms with Crippen LogP contribution < -0.4 is 20.9 Å². The van der Waals surface area contributed by atoms with E-state index in [1.807, 2.05) is 20.0 Å². The molecule has 0 aliphatic carbocycles. The maximum absolute atomic E-state index is 10.0. The first-order valence-corrected chi connectivity index (χ1v) is 10.3. The summed E-state index contributed by atoms with van der Waals surface area (Å²) in [6.07, 6.45) is 2.20. The first-order valence-electron chi connectivity index (χ1n) is 10.3. The molecule has 1 aliphatic rings. The summed E-state index contributed by atoms with van der Waals surface area (Å²) in [5.41, 5.74) is 4.25. The maximum atomic E-state index is 10.0. The lowest BCUT2D eigenvalue weighted by Gasteiger charge is -2.24. The Kier molecular flexibility index (Phi) is 6.42. The minimum absolute atomic E-state index is 0.105. The fraction of sp³-hybridized carbons (Fsp3) is 0.571. The second-order valence-corrected chi connectivity index (χ2v) is 8.00. The molecule has 0 amide bonds. The number of aryl methyl sites for hydroxylation is 2. The lowest BCUT2D eigenvalue weighted by atomic mass is 10.1. The lowest BCUT2D eigenvalue weighted by molar-refractivity contribution is 0.169. The molecule has 0 spiro atoms. The van der Waals surface area contributed by atoms with Crippen LogP contribution in [0.25, 0.3) is 0 Å². The van der Waals surface area contributed by atoms with Crippen molar-refractivity contribution in [2.75, 3.05) is 27.5 Å². The highest BCUT2D eigenvalue weighted by Crippen LogP contribution is 2.37. The molecule has 4 N–H and O–H groups in total. The smallest absolute Gasteiger partial charge is 0.227 e. The molecule has 2 aromatic heterocycles. The average Bonchev–Trinajstić information content (AvgIpc) is 3.09. The van der Waals surface area contributed by atoms with Crippen LogP contribution in [0.4, 0.5) is 23.3 Å². The highest BCUT2D eigenvalue weighted by Gasteiger charge is 2.28. The number of pyridine rings is 1. The highest BCUT2D eigenvalue weighted by atomic mass is 16.3. The molecule has 0 saturated heterocycles. The summed E-state index contributed by atoms with van der Waals surface area (Å²) in [4.78, 5) is 16.1. The number of hydrogen-bond donors (Lipinski definition) is 4. The molecule has 3 heterocycles. The van der Waals surface area contributed by atoms with Gasteiger partial charge in [-0.1, -0.05) is 6.92 Å². The molecule has 8 nitrogen and oxygen atoms in total. The fourth-order valence-corrected chi connectivity index (χ4v) is 3.50. The zero-order valence-corrected chi connectivity index (χ0v) is 18.2. The van der Waals surface area contributed by atoms with Gasteiger partial charge >= 0.3 is 0 Å². The van der Waals surface area contributed by atoms with Gasteiger partial charge in [-0.05, 0) is 58.2 Å². The molecule has 2 atom stereocenters. The predicted octanol–water partition coefficient (Wildman–Crippen LogP) is 3.27. The molecule has 1 unspecified atom stereocenters. The van der Waals surface area contributed by atoms with E-state index in [9.17, 15) is 5.11 Å². The Morgan fingerprint density at radius 2 is 2.00 bits per heavy atom. The summed E-state index contributed by atoms with van der Waals surface area (Å²) in [7, 11) is 0. The number of anilines is 4. The van der Waals surface area contributed by atoms with Crippen LogP contribution in [0.5, 0.6) is 0 Å². The van der Waals surface area contributed by atoms with E-state index in [1.54, 1.807) is 6.92 Å². The van der Waals surface area contributed by atoms with Gasteiger partial charge in [-0.2, -0.15) is 9.97 Å². The molecule has 29 heavy (non-hydrogen) atoms. The Morgan fingerprint density at radius 1 is 1.24 bits per heavy atom. The number of rotatable bonds is 8. The molecule has 3 rings (SSSR count). The van der Waals surface area contributed by atoms with Crippen LogP contribution in [0.1, 0.15) is 50.9 Å². The van der Waals surface area contributed by atoms with Crippen LogP contribution in [-0.4, -0.2) is 44.9 Å². The first-order chi connectivity index (χ1) is 13.8. The molecule has 0 fully saturated rings. The van der Waals surface area contributed by atoms with Crippen LogP contribution in [0, 0.1) is 13.8 Å². The van der Waals surface area contributed by atoms with E-state index in [0.29, 0.717) is 25.2 Å². The SMILES string of the molecule is CCC(Nc1nc(NCc2cnc(C)cc2C)c2c(n1)N(C(C)C)CN2)[C@@H](C)O. The van der Waals surface area contributed by atoms with Crippen LogP contribution in [0.3, 0.4) is 0 Å². The van der Waals surface area contributed by atoms with Gasteiger partial charge < -0.3 is 26.0 Å². The van der Waals surface area contributed by atoms with E-state index < -0.39 is 6.10 Å². The van der Waals surface area contributed by atoms with Gasteiger partial charge in [0, 0.05) is 24.5 Å². The molecule has 8 heteroatoms. The summed E-state index contributed by atoms with van der Waals surface area (Å²) in [5.74, 6) is 2.15. The Bertz CT molecular complexity index is 853. The van der Waals surface area contributed by atoms with Gasteiger partial charge in [0.05, 0.1) is 18.8 Å². The third-order valence-electron chi connectivity index (χ3n) is 5.35. The fourth-order valence-electron chi connectivity index (χ4n) is 3.50. The van der Waals surface area contributed by atoms with E-state index in [1.165, 1.54) is 5.56 Å². The van der Waals surface area contributed by atoms with E-state index in [2.05, 4.69) is 52.7 Å². The van der Waals surface area contributed by atoms with E-state index in [4.69, 9.17) is 9.97 Å². The minimum atomic E-state index is -0.492. The predicted molar refractivity (Wildman–Crippen MR) is 119 cm³/mol. The van der Waals surface area contributed by atoms with Gasteiger partial charge in [0.25, 0.3) is 0 Å². The van der Waals surface area contributed by atoms with Gasteiger partial charge in [-0.3, -0.25) is 4.98 Å². The number of fused-ring (bicyclic) bond motifs is 1. The Morgan fingerprint density at radius 3 is 2.62 bits per heavy atom. The topological polar surface area (TPSA) is 98.2 Å². The number of hydrogen-bond acceptors (Lipinski definition) is 8. The molecule has 1 aliphatic heterocycles. The molecule has 0 bridgehead atoms. The summed E-state index contributed by atoms with van der Waals surface area (Å²) in [5, 5.41) is 20.2. The van der Waals surface area contributed by atoms with Crippen molar-refractivity contribution in [1.29, 1.82) is 0 Å². The van der Waals surface area contributed by atoms with Crippen LogP contribution in [0.2, 0.25) is 0 Å². The van der Waals surface area contributed by atoms with Crippen molar-refractivity contribution in [2.45, 2.75) is 72.7 Å². The molecule has 0 saturated carbocycles. The third-order valence-corrected chi connectivity index (χ3v) is 5.35. The Balaban J connectivity index is 1.91. The molecular weight excluding hydrogens is 366 g/mol. The number of aliphatic hydroxyl groups is 1.